The zero-order valence-electron chi connectivity index (χ0n) is 9.06. The lowest BCUT2D eigenvalue weighted by Crippen LogP contribution is -2.19. The normalized spacial score (nSPS) is 25.4. The smallest absolute Gasteiger partial charge is 0.305 e. The lowest BCUT2D eigenvalue weighted by molar-refractivity contribution is -0.142. The summed E-state index contributed by atoms with van der Waals surface area (Å²) in [5.74, 6) is 0.850. The van der Waals surface area contributed by atoms with Crippen molar-refractivity contribution in [3.63, 3.8) is 0 Å². The number of ether oxygens (including phenoxy) is 1. The van der Waals surface area contributed by atoms with Gasteiger partial charge in [-0.2, -0.15) is 0 Å². The maximum absolute atomic E-state index is 11.0. The number of rotatable bonds is 4. The molecule has 0 atom stereocenters. The monoisotopic (exact) mass is 211 g/mol. The molecule has 0 aromatic rings. The highest BCUT2D eigenvalue weighted by Gasteiger charge is 2.22. The molecule has 0 aromatic heterocycles. The van der Waals surface area contributed by atoms with E-state index in [-0.39, 0.29) is 5.97 Å². The first kappa shape index (κ1) is 11.9. The van der Waals surface area contributed by atoms with Gasteiger partial charge in [-0.3, -0.25) is 4.79 Å². The van der Waals surface area contributed by atoms with Crippen LogP contribution in [0.25, 0.3) is 10.4 Å². The molecule has 5 heteroatoms. The van der Waals surface area contributed by atoms with Gasteiger partial charge in [0.1, 0.15) is 0 Å². The van der Waals surface area contributed by atoms with E-state index in [1.165, 1.54) is 7.11 Å². The van der Waals surface area contributed by atoms with Crippen LogP contribution in [0.1, 0.15) is 32.1 Å². The lowest BCUT2D eigenvalue weighted by atomic mass is 9.80. The van der Waals surface area contributed by atoms with E-state index in [0.29, 0.717) is 24.8 Å². The molecular formula is C10H17N3O2. The molecular weight excluding hydrogens is 194 g/mol. The zero-order chi connectivity index (χ0) is 11.1. The second-order valence-electron chi connectivity index (χ2n) is 4.08. The fourth-order valence-electron chi connectivity index (χ4n) is 2.09. The van der Waals surface area contributed by atoms with E-state index in [1.54, 1.807) is 0 Å². The van der Waals surface area contributed by atoms with E-state index in [1.807, 2.05) is 0 Å². The Morgan fingerprint density at radius 1 is 1.40 bits per heavy atom. The molecule has 0 N–H and O–H groups in total. The molecule has 0 amide bonds. The Kier molecular flexibility index (Phi) is 4.98. The van der Waals surface area contributed by atoms with Crippen molar-refractivity contribution in [2.24, 2.45) is 17.0 Å². The summed E-state index contributed by atoms with van der Waals surface area (Å²) in [4.78, 5) is 13.8. The van der Waals surface area contributed by atoms with Crippen molar-refractivity contribution in [3.8, 4) is 0 Å². The summed E-state index contributed by atoms with van der Waals surface area (Å²) >= 11 is 0. The fraction of sp³-hybridized carbons (Fsp3) is 0.900. The Morgan fingerprint density at radius 2 is 2.00 bits per heavy atom. The maximum Gasteiger partial charge on any atom is 0.305 e. The summed E-state index contributed by atoms with van der Waals surface area (Å²) in [5.41, 5.74) is 8.20. The third kappa shape index (κ3) is 4.21. The van der Waals surface area contributed by atoms with E-state index >= 15 is 0 Å². The molecule has 15 heavy (non-hydrogen) atoms. The molecule has 0 bridgehead atoms. The largest absolute Gasteiger partial charge is 0.469 e. The van der Waals surface area contributed by atoms with Crippen molar-refractivity contribution in [3.05, 3.63) is 10.4 Å². The summed E-state index contributed by atoms with van der Waals surface area (Å²) < 4.78 is 4.64. The van der Waals surface area contributed by atoms with Crippen LogP contribution >= 0.6 is 0 Å². The highest BCUT2D eigenvalue weighted by molar-refractivity contribution is 5.69. The van der Waals surface area contributed by atoms with Gasteiger partial charge in [-0.1, -0.05) is 18.0 Å². The second kappa shape index (κ2) is 6.30. The third-order valence-corrected chi connectivity index (χ3v) is 3.05. The van der Waals surface area contributed by atoms with Gasteiger partial charge in [0.15, 0.2) is 0 Å². The predicted molar refractivity (Wildman–Crippen MR) is 56.1 cm³/mol. The summed E-state index contributed by atoms with van der Waals surface area (Å²) in [7, 11) is 1.43. The maximum atomic E-state index is 11.0. The van der Waals surface area contributed by atoms with Gasteiger partial charge in [0.05, 0.1) is 7.11 Å². The van der Waals surface area contributed by atoms with Crippen LogP contribution < -0.4 is 0 Å². The molecule has 0 saturated heterocycles. The van der Waals surface area contributed by atoms with Crippen LogP contribution in [0.15, 0.2) is 5.11 Å². The van der Waals surface area contributed by atoms with E-state index in [9.17, 15) is 4.79 Å². The van der Waals surface area contributed by atoms with Crippen molar-refractivity contribution in [2.75, 3.05) is 13.7 Å². The van der Waals surface area contributed by atoms with Gasteiger partial charge < -0.3 is 4.74 Å². The van der Waals surface area contributed by atoms with Crippen LogP contribution in [0, 0.1) is 11.8 Å². The van der Waals surface area contributed by atoms with Gasteiger partial charge in [0, 0.05) is 17.9 Å². The van der Waals surface area contributed by atoms with Crippen molar-refractivity contribution < 1.29 is 9.53 Å². The number of hydrogen-bond acceptors (Lipinski definition) is 3. The average Bonchev–Trinajstić information content (AvgIpc) is 2.28. The molecule has 0 unspecified atom stereocenters. The van der Waals surface area contributed by atoms with Gasteiger partial charge in [0.2, 0.25) is 0 Å². The molecule has 1 aliphatic rings. The highest BCUT2D eigenvalue weighted by Crippen LogP contribution is 2.31. The molecule has 1 saturated carbocycles. The van der Waals surface area contributed by atoms with E-state index in [4.69, 9.17) is 5.53 Å². The molecule has 1 aliphatic carbocycles. The Morgan fingerprint density at radius 3 is 2.53 bits per heavy atom. The molecule has 0 aromatic carbocycles. The van der Waals surface area contributed by atoms with Crippen LogP contribution in [-0.2, 0) is 9.53 Å². The van der Waals surface area contributed by atoms with Crippen LogP contribution in [0.5, 0.6) is 0 Å². The molecule has 0 spiro atoms. The third-order valence-electron chi connectivity index (χ3n) is 3.05. The van der Waals surface area contributed by atoms with Gasteiger partial charge in [-0.05, 0) is 30.2 Å². The van der Waals surface area contributed by atoms with Crippen molar-refractivity contribution in [1.29, 1.82) is 0 Å². The van der Waals surface area contributed by atoms with E-state index in [2.05, 4.69) is 14.8 Å². The summed E-state index contributed by atoms with van der Waals surface area (Å²) in [6.07, 6.45) is 4.73. The van der Waals surface area contributed by atoms with E-state index in [0.717, 1.165) is 25.7 Å². The number of methoxy groups -OCH3 is 1. The van der Waals surface area contributed by atoms with Crippen LogP contribution in [0.2, 0.25) is 0 Å². The molecule has 84 valence electrons. The first-order valence-electron chi connectivity index (χ1n) is 5.34. The van der Waals surface area contributed by atoms with Gasteiger partial charge >= 0.3 is 5.97 Å². The van der Waals surface area contributed by atoms with Gasteiger partial charge in [0.25, 0.3) is 0 Å². The SMILES string of the molecule is COC(=O)CC1CCC(CN=[N+]=[N-])CC1. The topological polar surface area (TPSA) is 75.1 Å². The summed E-state index contributed by atoms with van der Waals surface area (Å²) in [6.45, 7) is 0.599. The van der Waals surface area contributed by atoms with Gasteiger partial charge in [-0.25, -0.2) is 0 Å². The lowest BCUT2D eigenvalue weighted by Gasteiger charge is -2.26. The number of nitrogens with zero attached hydrogens (tertiary/aromatic N) is 3. The first-order valence-corrected chi connectivity index (χ1v) is 5.34. The molecule has 1 rings (SSSR count). The summed E-state index contributed by atoms with van der Waals surface area (Å²) in [6, 6.07) is 0. The van der Waals surface area contributed by atoms with Crippen molar-refractivity contribution >= 4 is 5.97 Å². The molecule has 0 heterocycles. The Balaban J connectivity index is 2.23. The number of esters is 1. The van der Waals surface area contributed by atoms with Crippen molar-refractivity contribution in [2.45, 2.75) is 32.1 Å². The van der Waals surface area contributed by atoms with Crippen LogP contribution in [-0.4, -0.2) is 19.6 Å². The molecule has 1 fully saturated rings. The number of azide groups is 1. The Labute approximate surface area is 89.4 Å². The Hall–Kier alpha value is -1.22. The van der Waals surface area contributed by atoms with Gasteiger partial charge in [-0.15, -0.1) is 0 Å². The predicted octanol–water partition coefficient (Wildman–Crippen LogP) is 2.67. The fourth-order valence-corrected chi connectivity index (χ4v) is 2.09. The quantitative estimate of drug-likeness (QED) is 0.310. The zero-order valence-corrected chi connectivity index (χ0v) is 9.06. The van der Waals surface area contributed by atoms with Crippen LogP contribution in [0.4, 0.5) is 0 Å². The van der Waals surface area contributed by atoms with E-state index < -0.39 is 0 Å². The minimum atomic E-state index is -0.117. The standard InChI is InChI=1S/C10H17N3O2/c1-15-10(14)6-8-2-4-9(5-3-8)7-12-13-11/h8-9H,2-7H2,1H3. The first-order chi connectivity index (χ1) is 7.26. The molecule has 0 radical (unpaired) electrons. The number of carbonyl (C=O) groups is 1. The second-order valence-corrected chi connectivity index (χ2v) is 4.08. The minimum Gasteiger partial charge on any atom is -0.469 e. The Bertz CT molecular complexity index is 253. The minimum absolute atomic E-state index is 0.117. The average molecular weight is 211 g/mol. The summed E-state index contributed by atoms with van der Waals surface area (Å²) in [5, 5.41) is 3.59. The van der Waals surface area contributed by atoms with Crippen LogP contribution in [0.3, 0.4) is 0 Å². The molecule has 5 nitrogen and oxygen atoms in total. The number of carbonyl (C=O) groups excluding carboxylic acids is 1. The van der Waals surface area contributed by atoms with Crippen molar-refractivity contribution in [1.82, 2.24) is 0 Å². The number of hydrogen-bond donors (Lipinski definition) is 0. The molecule has 0 aliphatic heterocycles. The highest BCUT2D eigenvalue weighted by atomic mass is 16.5.